The zero-order valence-electron chi connectivity index (χ0n) is 20.0. The molecule has 2 aromatic heterocycles. The molecule has 0 bridgehead atoms. The molecule has 0 saturated carbocycles. The van der Waals surface area contributed by atoms with Gasteiger partial charge in [-0.15, -0.1) is 10.2 Å². The third-order valence-corrected chi connectivity index (χ3v) is 7.45. The zero-order chi connectivity index (χ0) is 27.5. The van der Waals surface area contributed by atoms with E-state index in [0.29, 0.717) is 18.5 Å². The number of hydrogen-bond acceptors (Lipinski definition) is 11. The van der Waals surface area contributed by atoms with Crippen LogP contribution in [0, 0.1) is 0 Å². The van der Waals surface area contributed by atoms with Crippen molar-refractivity contribution in [2.75, 3.05) is 31.8 Å². The topological polar surface area (TPSA) is 151 Å². The summed E-state index contributed by atoms with van der Waals surface area (Å²) in [4.78, 5) is 24.4. The van der Waals surface area contributed by atoms with Crippen molar-refractivity contribution in [3.8, 4) is 28.8 Å². The lowest BCUT2D eigenvalue weighted by molar-refractivity contribution is -0.199. The summed E-state index contributed by atoms with van der Waals surface area (Å²) in [6.45, 7) is 0.418. The Kier molecular flexibility index (Phi) is 7.68. The van der Waals surface area contributed by atoms with Gasteiger partial charge in [-0.1, -0.05) is 34.8 Å². The van der Waals surface area contributed by atoms with E-state index >= 15 is 0 Å². The van der Waals surface area contributed by atoms with E-state index in [1.165, 1.54) is 14.2 Å². The van der Waals surface area contributed by atoms with Crippen molar-refractivity contribution >= 4 is 21.9 Å². The summed E-state index contributed by atoms with van der Waals surface area (Å²) in [5.41, 5.74) is 0.222. The van der Waals surface area contributed by atoms with Gasteiger partial charge in [0, 0.05) is 12.1 Å². The Morgan fingerprint density at radius 3 is 2.32 bits per heavy atom. The van der Waals surface area contributed by atoms with Crippen LogP contribution in [0.5, 0.6) is 11.8 Å². The van der Waals surface area contributed by atoms with Crippen molar-refractivity contribution in [2.45, 2.75) is 24.3 Å². The molecule has 0 unspecified atom stereocenters. The predicted molar refractivity (Wildman–Crippen MR) is 125 cm³/mol. The van der Waals surface area contributed by atoms with E-state index in [1.54, 1.807) is 30.3 Å². The normalized spacial score (nSPS) is 16.1. The molecule has 4 rings (SSSR count). The minimum atomic E-state index is -5.52. The van der Waals surface area contributed by atoms with E-state index in [4.69, 9.17) is 9.47 Å². The van der Waals surface area contributed by atoms with Gasteiger partial charge >= 0.3 is 12.1 Å². The minimum absolute atomic E-state index is 0.0583. The predicted octanol–water partition coefficient (Wildman–Crippen LogP) is 1.65. The summed E-state index contributed by atoms with van der Waals surface area (Å²) in [6, 6.07) is 8.19. The highest BCUT2D eigenvalue weighted by Gasteiger charge is 2.48. The smallest absolute Gasteiger partial charge is 0.479 e. The van der Waals surface area contributed by atoms with Crippen molar-refractivity contribution in [1.29, 1.82) is 0 Å². The number of methoxy groups -OCH3 is 2. The molecule has 38 heavy (non-hydrogen) atoms. The first-order valence-electron chi connectivity index (χ1n) is 11.1. The van der Waals surface area contributed by atoms with Crippen LogP contribution in [0.1, 0.15) is 12.8 Å². The first-order chi connectivity index (χ1) is 18.1. The lowest BCUT2D eigenvalue weighted by Crippen LogP contribution is -2.49. The van der Waals surface area contributed by atoms with E-state index in [1.807, 2.05) is 0 Å². The van der Waals surface area contributed by atoms with Gasteiger partial charge in [-0.25, -0.2) is 17.8 Å². The Bertz CT molecular complexity index is 1370. The van der Waals surface area contributed by atoms with Gasteiger partial charge in [-0.05, 0) is 19.4 Å². The molecular formula is C21H22F3N7O6S. The van der Waals surface area contributed by atoms with Crippen LogP contribution in [-0.2, 0) is 19.7 Å². The largest absolute Gasteiger partial charge is 0.493 e. The van der Waals surface area contributed by atoms with Crippen molar-refractivity contribution in [1.82, 2.24) is 30.0 Å². The maximum Gasteiger partial charge on any atom is 0.493 e. The molecule has 0 spiro atoms. The van der Waals surface area contributed by atoms with Gasteiger partial charge in [-0.3, -0.25) is 0 Å². The molecule has 1 aliphatic rings. The van der Waals surface area contributed by atoms with Crippen LogP contribution in [0.15, 0.2) is 36.7 Å². The number of carbonyl (C=O) groups excluding carboxylic acids is 1. The first-order valence-corrected chi connectivity index (χ1v) is 12.6. The number of carbonyl (C=O) groups is 1. The molecule has 1 atom stereocenters. The molecule has 0 aliphatic carbocycles. The molecule has 1 fully saturated rings. The maximum atomic E-state index is 13.7. The number of sulfonamides is 1. The fourth-order valence-electron chi connectivity index (χ4n) is 3.76. The van der Waals surface area contributed by atoms with Crippen LogP contribution in [0.3, 0.4) is 0 Å². The number of nitrogens with zero attached hydrogens (tertiary/aromatic N) is 6. The van der Waals surface area contributed by atoms with Gasteiger partial charge < -0.3 is 19.6 Å². The molecule has 0 radical (unpaired) electrons. The number of aromatic nitrogens is 5. The average molecular weight is 558 g/mol. The number of nitrogens with one attached hydrogen (secondary N) is 1. The Hall–Kier alpha value is -3.99. The number of alkyl halides is 3. The summed E-state index contributed by atoms with van der Waals surface area (Å²) in [6.07, 6.45) is -3.91. The maximum absolute atomic E-state index is 13.7. The Labute approximate surface area is 214 Å². The molecule has 3 heterocycles. The van der Waals surface area contributed by atoms with E-state index < -0.39 is 33.4 Å². The van der Waals surface area contributed by atoms with E-state index in [0.717, 1.165) is 10.9 Å². The standard InChI is InChI=1S/C21H22F3N7O6S/c1-35-17-15(18(36-2)27-12-26-17)30-16(13-7-4-3-5-8-13)28-29-20(30)31(37-19(32)21(22,23)24)38(33,34)14-9-6-10-25-11-14/h3-5,7-8,12,14,25H,6,9-11H2,1-2H3/t14-/m1/s1. The first kappa shape index (κ1) is 27.1. The molecule has 13 nitrogen and oxygen atoms in total. The summed E-state index contributed by atoms with van der Waals surface area (Å²) in [7, 11) is -2.28. The quantitative estimate of drug-likeness (QED) is 0.403. The van der Waals surface area contributed by atoms with Gasteiger partial charge in [0.25, 0.3) is 16.0 Å². The van der Waals surface area contributed by atoms with Gasteiger partial charge in [-0.2, -0.15) is 23.1 Å². The van der Waals surface area contributed by atoms with Crippen LogP contribution < -0.4 is 19.3 Å². The molecule has 204 valence electrons. The Balaban J connectivity index is 2.02. The van der Waals surface area contributed by atoms with E-state index in [9.17, 15) is 26.4 Å². The minimum Gasteiger partial charge on any atom is -0.479 e. The summed E-state index contributed by atoms with van der Waals surface area (Å²) in [5, 5.41) is 9.49. The second-order valence-corrected chi connectivity index (χ2v) is 9.91. The van der Waals surface area contributed by atoms with Crippen molar-refractivity contribution in [2.24, 2.45) is 0 Å². The SMILES string of the molecule is COc1ncnc(OC)c1-n1c(-c2ccccc2)nnc1N(OC(=O)C(F)(F)F)S(=O)(=O)[C@@H]1CCCNC1. The fourth-order valence-corrected chi connectivity index (χ4v) is 5.34. The number of hydrogen-bond donors (Lipinski definition) is 1. The molecule has 1 aromatic carbocycles. The van der Waals surface area contributed by atoms with Crippen LogP contribution >= 0.6 is 0 Å². The summed E-state index contributed by atoms with van der Waals surface area (Å²) < 4.78 is 78.6. The van der Waals surface area contributed by atoms with Gasteiger partial charge in [0.05, 0.1) is 19.5 Å². The summed E-state index contributed by atoms with van der Waals surface area (Å²) in [5.74, 6) is -3.96. The number of benzene rings is 1. The third kappa shape index (κ3) is 5.19. The molecule has 1 saturated heterocycles. The Morgan fingerprint density at radius 1 is 1.11 bits per heavy atom. The molecule has 3 aromatic rings. The second-order valence-electron chi connectivity index (χ2n) is 7.88. The second kappa shape index (κ2) is 10.8. The fraction of sp³-hybridized carbons (Fsp3) is 0.381. The molecule has 1 N–H and O–H groups in total. The highest BCUT2D eigenvalue weighted by atomic mass is 32.2. The number of anilines is 1. The van der Waals surface area contributed by atoms with Gasteiger partial charge in [0.15, 0.2) is 11.5 Å². The third-order valence-electron chi connectivity index (χ3n) is 5.51. The number of halogens is 3. The molecule has 17 heteroatoms. The average Bonchev–Trinajstić information content (AvgIpc) is 3.35. The lowest BCUT2D eigenvalue weighted by Gasteiger charge is -2.29. The highest BCUT2D eigenvalue weighted by molar-refractivity contribution is 7.93. The molecule has 1 aliphatic heterocycles. The number of piperidine rings is 1. The monoisotopic (exact) mass is 557 g/mol. The van der Waals surface area contributed by atoms with Crippen LogP contribution in [-0.4, -0.2) is 77.9 Å². The highest BCUT2D eigenvalue weighted by Crippen LogP contribution is 2.37. The van der Waals surface area contributed by atoms with Crippen LogP contribution in [0.25, 0.3) is 17.1 Å². The van der Waals surface area contributed by atoms with Crippen molar-refractivity contribution in [3.63, 3.8) is 0 Å². The zero-order valence-corrected chi connectivity index (χ0v) is 20.9. The van der Waals surface area contributed by atoms with Crippen molar-refractivity contribution < 1.29 is 40.7 Å². The van der Waals surface area contributed by atoms with Crippen LogP contribution in [0.4, 0.5) is 19.1 Å². The van der Waals surface area contributed by atoms with E-state index in [2.05, 4.69) is 30.3 Å². The molecule has 0 amide bonds. The number of ether oxygens (including phenoxy) is 2. The number of rotatable bonds is 8. The van der Waals surface area contributed by atoms with Crippen LogP contribution in [0.2, 0.25) is 0 Å². The van der Waals surface area contributed by atoms with E-state index in [-0.39, 0.29) is 40.7 Å². The lowest BCUT2D eigenvalue weighted by atomic mass is 10.2. The van der Waals surface area contributed by atoms with Crippen molar-refractivity contribution in [3.05, 3.63) is 36.7 Å². The Morgan fingerprint density at radius 2 is 1.76 bits per heavy atom. The van der Waals surface area contributed by atoms with Gasteiger partial charge in [0.2, 0.25) is 11.8 Å². The van der Waals surface area contributed by atoms with Gasteiger partial charge in [0.1, 0.15) is 6.33 Å². The molecular weight excluding hydrogens is 535 g/mol. The summed E-state index contributed by atoms with van der Waals surface area (Å²) >= 11 is 0.